The van der Waals surface area contributed by atoms with Gasteiger partial charge in [-0.25, -0.2) is 0 Å². The van der Waals surface area contributed by atoms with Crippen molar-refractivity contribution in [3.05, 3.63) is 23.8 Å². The Bertz CT molecular complexity index is 506. The first kappa shape index (κ1) is 11.1. The molecule has 0 saturated carbocycles. The molecule has 0 aliphatic carbocycles. The van der Waals surface area contributed by atoms with Gasteiger partial charge in [-0.05, 0) is 31.0 Å². The second-order valence-corrected chi connectivity index (χ2v) is 4.40. The normalized spacial score (nSPS) is 17.0. The third-order valence-electron chi connectivity index (χ3n) is 3.22. The summed E-state index contributed by atoms with van der Waals surface area (Å²) in [7, 11) is 0. The Labute approximate surface area is 104 Å². The van der Waals surface area contributed by atoms with Crippen LogP contribution in [0.4, 0.5) is 0 Å². The van der Waals surface area contributed by atoms with E-state index in [0.29, 0.717) is 30.2 Å². The molecule has 94 valence electrons. The first-order valence-corrected chi connectivity index (χ1v) is 5.99. The van der Waals surface area contributed by atoms with Crippen LogP contribution in [0.1, 0.15) is 23.2 Å². The second-order valence-electron chi connectivity index (χ2n) is 4.40. The molecular formula is C13H13NO4. The summed E-state index contributed by atoms with van der Waals surface area (Å²) in [4.78, 5) is 25.6. The Hall–Kier alpha value is -2.04. The van der Waals surface area contributed by atoms with E-state index in [1.54, 1.807) is 23.1 Å². The Balaban J connectivity index is 1.81. The Morgan fingerprint density at radius 2 is 1.78 bits per heavy atom. The molecule has 0 atom stereocenters. The molecule has 1 aromatic carbocycles. The van der Waals surface area contributed by atoms with Crippen LogP contribution in [0.25, 0.3) is 0 Å². The number of fused-ring (bicyclic) bond motifs is 1. The van der Waals surface area contributed by atoms with Gasteiger partial charge in [0.25, 0.3) is 11.7 Å². The zero-order valence-corrected chi connectivity index (χ0v) is 9.85. The molecule has 1 fully saturated rings. The van der Waals surface area contributed by atoms with Crippen molar-refractivity contribution in [1.82, 2.24) is 4.90 Å². The van der Waals surface area contributed by atoms with Gasteiger partial charge < -0.3 is 14.4 Å². The van der Waals surface area contributed by atoms with Gasteiger partial charge >= 0.3 is 0 Å². The number of ketones is 1. The number of hydrogen-bond donors (Lipinski definition) is 0. The minimum Gasteiger partial charge on any atom is -0.454 e. The first-order valence-electron chi connectivity index (χ1n) is 5.99. The van der Waals surface area contributed by atoms with Crippen LogP contribution in [0, 0.1) is 0 Å². The predicted molar refractivity (Wildman–Crippen MR) is 62.7 cm³/mol. The van der Waals surface area contributed by atoms with E-state index in [4.69, 9.17) is 9.47 Å². The minimum absolute atomic E-state index is 0.160. The SMILES string of the molecule is O=C(C(=O)N1CCCC1)c1ccc2c(c1)OCO2. The van der Waals surface area contributed by atoms with Gasteiger partial charge in [-0.1, -0.05) is 0 Å². The van der Waals surface area contributed by atoms with Crippen LogP contribution in [-0.2, 0) is 4.79 Å². The van der Waals surface area contributed by atoms with Crippen molar-refractivity contribution in [2.45, 2.75) is 12.8 Å². The molecule has 0 bridgehead atoms. The van der Waals surface area contributed by atoms with E-state index in [2.05, 4.69) is 0 Å². The van der Waals surface area contributed by atoms with Gasteiger partial charge in [0.15, 0.2) is 11.5 Å². The number of rotatable bonds is 2. The van der Waals surface area contributed by atoms with Crippen molar-refractivity contribution in [2.75, 3.05) is 19.9 Å². The smallest absolute Gasteiger partial charge is 0.294 e. The number of Topliss-reactive ketones (excluding diaryl/α,β-unsaturated/α-hetero) is 1. The molecule has 0 N–H and O–H groups in total. The molecule has 0 aromatic heterocycles. The average Bonchev–Trinajstić information content (AvgIpc) is 3.06. The molecule has 2 heterocycles. The highest BCUT2D eigenvalue weighted by molar-refractivity contribution is 6.42. The summed E-state index contributed by atoms with van der Waals surface area (Å²) >= 11 is 0. The number of carbonyl (C=O) groups excluding carboxylic acids is 2. The molecule has 1 amide bonds. The number of amides is 1. The molecule has 0 spiro atoms. The third kappa shape index (κ3) is 1.81. The lowest BCUT2D eigenvalue weighted by Gasteiger charge is -2.13. The van der Waals surface area contributed by atoms with Crippen LogP contribution in [-0.4, -0.2) is 36.5 Å². The van der Waals surface area contributed by atoms with E-state index < -0.39 is 11.7 Å². The monoisotopic (exact) mass is 247 g/mol. The highest BCUT2D eigenvalue weighted by Crippen LogP contribution is 2.32. The van der Waals surface area contributed by atoms with E-state index in [1.165, 1.54) is 0 Å². The van der Waals surface area contributed by atoms with Gasteiger partial charge in [-0.3, -0.25) is 9.59 Å². The van der Waals surface area contributed by atoms with E-state index in [-0.39, 0.29) is 6.79 Å². The Kier molecular flexibility index (Phi) is 2.66. The van der Waals surface area contributed by atoms with Gasteiger partial charge in [0.1, 0.15) is 0 Å². The third-order valence-corrected chi connectivity index (χ3v) is 3.22. The van der Waals surface area contributed by atoms with E-state index >= 15 is 0 Å². The standard InChI is InChI=1S/C13H13NO4/c15-12(13(16)14-5-1-2-6-14)9-3-4-10-11(7-9)18-8-17-10/h3-4,7H,1-2,5-6,8H2. The van der Waals surface area contributed by atoms with E-state index in [0.717, 1.165) is 12.8 Å². The maximum atomic E-state index is 12.0. The average molecular weight is 247 g/mol. The maximum Gasteiger partial charge on any atom is 0.294 e. The number of ether oxygens (including phenoxy) is 2. The molecule has 2 aliphatic heterocycles. The lowest BCUT2D eigenvalue weighted by molar-refractivity contribution is -0.125. The van der Waals surface area contributed by atoms with Crippen molar-refractivity contribution in [3.8, 4) is 11.5 Å². The zero-order chi connectivity index (χ0) is 12.5. The summed E-state index contributed by atoms with van der Waals surface area (Å²) in [5.41, 5.74) is 0.358. The molecule has 3 rings (SSSR count). The van der Waals surface area contributed by atoms with Crippen molar-refractivity contribution < 1.29 is 19.1 Å². The zero-order valence-electron chi connectivity index (χ0n) is 9.85. The van der Waals surface area contributed by atoms with Crippen LogP contribution in [0.2, 0.25) is 0 Å². The lowest BCUT2D eigenvalue weighted by atomic mass is 10.1. The van der Waals surface area contributed by atoms with Gasteiger partial charge in [-0.15, -0.1) is 0 Å². The molecule has 0 radical (unpaired) electrons. The van der Waals surface area contributed by atoms with Crippen molar-refractivity contribution in [2.24, 2.45) is 0 Å². The fraction of sp³-hybridized carbons (Fsp3) is 0.385. The fourth-order valence-electron chi connectivity index (χ4n) is 2.23. The summed E-state index contributed by atoms with van der Waals surface area (Å²) < 4.78 is 10.4. The quantitative estimate of drug-likeness (QED) is 0.582. The molecule has 18 heavy (non-hydrogen) atoms. The summed E-state index contributed by atoms with van der Waals surface area (Å²) in [6.07, 6.45) is 1.94. The van der Waals surface area contributed by atoms with Crippen molar-refractivity contribution in [1.29, 1.82) is 0 Å². The van der Waals surface area contributed by atoms with Gasteiger partial charge in [-0.2, -0.15) is 0 Å². The lowest BCUT2D eigenvalue weighted by Crippen LogP contribution is -2.34. The largest absolute Gasteiger partial charge is 0.454 e. The molecule has 1 aromatic rings. The second kappa shape index (κ2) is 4.33. The summed E-state index contributed by atoms with van der Waals surface area (Å²) in [5.74, 6) is 0.233. The van der Waals surface area contributed by atoms with Gasteiger partial charge in [0.2, 0.25) is 6.79 Å². The van der Waals surface area contributed by atoms with Crippen molar-refractivity contribution >= 4 is 11.7 Å². The van der Waals surface area contributed by atoms with Gasteiger partial charge in [0.05, 0.1) is 0 Å². The molecule has 5 heteroatoms. The van der Waals surface area contributed by atoms with Crippen LogP contribution in [0.15, 0.2) is 18.2 Å². The molecule has 1 saturated heterocycles. The first-order chi connectivity index (χ1) is 8.75. The van der Waals surface area contributed by atoms with Crippen LogP contribution < -0.4 is 9.47 Å². The minimum atomic E-state index is -0.477. The number of likely N-dealkylation sites (tertiary alicyclic amines) is 1. The summed E-state index contributed by atoms with van der Waals surface area (Å²) in [6, 6.07) is 4.83. The maximum absolute atomic E-state index is 12.0. The molecular weight excluding hydrogens is 234 g/mol. The number of hydrogen-bond acceptors (Lipinski definition) is 4. The molecule has 2 aliphatic rings. The number of benzene rings is 1. The van der Waals surface area contributed by atoms with E-state index in [9.17, 15) is 9.59 Å². The fourth-order valence-corrected chi connectivity index (χ4v) is 2.23. The number of carbonyl (C=O) groups is 2. The van der Waals surface area contributed by atoms with Crippen molar-refractivity contribution in [3.63, 3.8) is 0 Å². The molecule has 0 unspecified atom stereocenters. The Morgan fingerprint density at radius 1 is 1.06 bits per heavy atom. The highest BCUT2D eigenvalue weighted by Gasteiger charge is 2.26. The topological polar surface area (TPSA) is 55.8 Å². The van der Waals surface area contributed by atoms with Crippen LogP contribution in [0.5, 0.6) is 11.5 Å². The van der Waals surface area contributed by atoms with Crippen LogP contribution in [0.3, 0.4) is 0 Å². The van der Waals surface area contributed by atoms with E-state index in [1.807, 2.05) is 0 Å². The predicted octanol–water partition coefficient (Wildman–Crippen LogP) is 1.22. The summed E-state index contributed by atoms with van der Waals surface area (Å²) in [5, 5.41) is 0. The number of nitrogens with zero attached hydrogens (tertiary/aromatic N) is 1. The summed E-state index contributed by atoms with van der Waals surface area (Å²) in [6.45, 7) is 1.51. The van der Waals surface area contributed by atoms with Crippen LogP contribution >= 0.6 is 0 Å². The highest BCUT2D eigenvalue weighted by atomic mass is 16.7. The Morgan fingerprint density at radius 3 is 2.56 bits per heavy atom. The molecule has 5 nitrogen and oxygen atoms in total. The van der Waals surface area contributed by atoms with Gasteiger partial charge in [0, 0.05) is 18.7 Å².